The Hall–Kier alpha value is -2.11. The SMILES string of the molecule is NC1=C(C(=O)NCc2ccccc2)SC(=S)[C@H]1c1ccccc1. The van der Waals surface area contributed by atoms with Crippen LogP contribution in [0.25, 0.3) is 0 Å². The minimum absolute atomic E-state index is 0.169. The lowest BCUT2D eigenvalue weighted by Crippen LogP contribution is -2.24. The molecule has 1 heterocycles. The largest absolute Gasteiger partial charge is 0.400 e. The van der Waals surface area contributed by atoms with Crippen LogP contribution < -0.4 is 11.1 Å². The van der Waals surface area contributed by atoms with E-state index in [4.69, 9.17) is 18.0 Å². The Morgan fingerprint density at radius 1 is 1.09 bits per heavy atom. The van der Waals surface area contributed by atoms with Gasteiger partial charge in [-0.2, -0.15) is 0 Å². The molecule has 0 unspecified atom stereocenters. The molecule has 0 saturated heterocycles. The fourth-order valence-electron chi connectivity index (χ4n) is 2.47. The van der Waals surface area contributed by atoms with Gasteiger partial charge >= 0.3 is 0 Å². The van der Waals surface area contributed by atoms with Crippen LogP contribution in [0.4, 0.5) is 0 Å². The first-order valence-electron chi connectivity index (χ1n) is 7.25. The predicted molar refractivity (Wildman–Crippen MR) is 98.9 cm³/mol. The minimum Gasteiger partial charge on any atom is -0.400 e. The molecule has 0 radical (unpaired) electrons. The second kappa shape index (κ2) is 6.98. The summed E-state index contributed by atoms with van der Waals surface area (Å²) < 4.78 is 0.721. The third kappa shape index (κ3) is 3.46. The van der Waals surface area contributed by atoms with Gasteiger partial charge in [0.15, 0.2) is 0 Å². The lowest BCUT2D eigenvalue weighted by Gasteiger charge is -2.11. The monoisotopic (exact) mass is 340 g/mol. The van der Waals surface area contributed by atoms with E-state index in [-0.39, 0.29) is 11.8 Å². The number of hydrogen-bond acceptors (Lipinski definition) is 4. The van der Waals surface area contributed by atoms with Crippen molar-refractivity contribution in [1.29, 1.82) is 0 Å². The van der Waals surface area contributed by atoms with Crippen LogP contribution in [0, 0.1) is 0 Å². The van der Waals surface area contributed by atoms with Crippen molar-refractivity contribution in [2.75, 3.05) is 0 Å². The Bertz CT molecular complexity index is 757. The maximum Gasteiger partial charge on any atom is 0.260 e. The van der Waals surface area contributed by atoms with Gasteiger partial charge in [-0.1, -0.05) is 84.6 Å². The molecule has 5 heteroatoms. The minimum atomic E-state index is -0.173. The van der Waals surface area contributed by atoms with E-state index in [1.54, 1.807) is 0 Å². The normalized spacial score (nSPS) is 17.4. The smallest absolute Gasteiger partial charge is 0.260 e. The van der Waals surface area contributed by atoms with Crippen LogP contribution in [-0.4, -0.2) is 10.1 Å². The molecule has 116 valence electrons. The molecule has 1 amide bonds. The van der Waals surface area contributed by atoms with Gasteiger partial charge in [-0.15, -0.1) is 0 Å². The van der Waals surface area contributed by atoms with Gasteiger partial charge in [-0.05, 0) is 11.1 Å². The summed E-state index contributed by atoms with van der Waals surface area (Å²) in [6.45, 7) is 0.472. The molecule has 0 aromatic heterocycles. The fourth-order valence-corrected chi connectivity index (χ4v) is 3.97. The molecule has 0 saturated carbocycles. The van der Waals surface area contributed by atoms with Crippen molar-refractivity contribution in [2.45, 2.75) is 12.5 Å². The van der Waals surface area contributed by atoms with Gasteiger partial charge in [0.1, 0.15) is 0 Å². The number of benzene rings is 2. The number of thiocarbonyl (C=S) groups is 1. The zero-order valence-electron chi connectivity index (χ0n) is 12.4. The average Bonchev–Trinajstić information content (AvgIpc) is 2.89. The highest BCUT2D eigenvalue weighted by Gasteiger charge is 2.33. The summed E-state index contributed by atoms with van der Waals surface area (Å²) in [7, 11) is 0. The van der Waals surface area contributed by atoms with Crippen molar-refractivity contribution in [3.05, 3.63) is 82.4 Å². The van der Waals surface area contributed by atoms with E-state index >= 15 is 0 Å². The standard InChI is InChI=1S/C18H16N2OS2/c19-15-14(13-9-5-2-6-10-13)18(22)23-16(15)17(21)20-11-12-7-3-1-4-8-12/h1-10,14H,11,19H2,(H,20,21)/t14-/m0/s1. The molecule has 3 N–H and O–H groups in total. The molecule has 2 aromatic carbocycles. The number of carbonyl (C=O) groups excluding carboxylic acids is 1. The van der Waals surface area contributed by atoms with Crippen molar-refractivity contribution in [2.24, 2.45) is 5.73 Å². The zero-order chi connectivity index (χ0) is 16.2. The number of nitrogens with two attached hydrogens (primary N) is 1. The number of carbonyl (C=O) groups is 1. The number of thioether (sulfide) groups is 1. The maximum absolute atomic E-state index is 12.4. The highest BCUT2D eigenvalue weighted by molar-refractivity contribution is 8.26. The van der Waals surface area contributed by atoms with Crippen LogP contribution in [0.15, 0.2) is 71.3 Å². The summed E-state index contributed by atoms with van der Waals surface area (Å²) in [6.07, 6.45) is 0. The zero-order valence-corrected chi connectivity index (χ0v) is 14.0. The van der Waals surface area contributed by atoms with Gasteiger partial charge in [-0.3, -0.25) is 4.79 Å². The van der Waals surface area contributed by atoms with Crippen molar-refractivity contribution < 1.29 is 4.79 Å². The van der Waals surface area contributed by atoms with Gasteiger partial charge in [-0.25, -0.2) is 0 Å². The van der Waals surface area contributed by atoms with Crippen molar-refractivity contribution in [3.63, 3.8) is 0 Å². The topological polar surface area (TPSA) is 55.1 Å². The Kier molecular flexibility index (Phi) is 4.79. The van der Waals surface area contributed by atoms with Gasteiger partial charge in [0.05, 0.1) is 15.0 Å². The number of allylic oxidation sites excluding steroid dienone is 1. The molecule has 1 atom stereocenters. The van der Waals surface area contributed by atoms with Crippen LogP contribution in [0.1, 0.15) is 17.0 Å². The van der Waals surface area contributed by atoms with Crippen molar-refractivity contribution in [1.82, 2.24) is 5.32 Å². The van der Waals surface area contributed by atoms with E-state index in [0.29, 0.717) is 17.1 Å². The first-order valence-corrected chi connectivity index (χ1v) is 8.47. The van der Waals surface area contributed by atoms with Gasteiger partial charge in [0, 0.05) is 12.2 Å². The van der Waals surface area contributed by atoms with Crippen molar-refractivity contribution >= 4 is 34.1 Å². The van der Waals surface area contributed by atoms with Crippen molar-refractivity contribution in [3.8, 4) is 0 Å². The summed E-state index contributed by atoms with van der Waals surface area (Å²) in [4.78, 5) is 12.9. The summed E-state index contributed by atoms with van der Waals surface area (Å²) >= 11 is 6.73. The highest BCUT2D eigenvalue weighted by atomic mass is 32.2. The van der Waals surface area contributed by atoms with E-state index < -0.39 is 0 Å². The molecule has 2 aromatic rings. The van der Waals surface area contributed by atoms with Gasteiger partial charge in [0.2, 0.25) is 0 Å². The molecule has 23 heavy (non-hydrogen) atoms. The molecule has 3 rings (SSSR count). The Labute approximate surface area is 145 Å². The molecular weight excluding hydrogens is 324 g/mol. The van der Waals surface area contributed by atoms with E-state index in [1.807, 2.05) is 60.7 Å². The number of nitrogens with one attached hydrogen (secondary N) is 1. The van der Waals surface area contributed by atoms with Crippen LogP contribution in [-0.2, 0) is 11.3 Å². The summed E-state index contributed by atoms with van der Waals surface area (Å²) in [5, 5.41) is 2.91. The maximum atomic E-state index is 12.4. The fraction of sp³-hybridized carbons (Fsp3) is 0.111. The van der Waals surface area contributed by atoms with Crippen LogP contribution in [0.2, 0.25) is 0 Å². The molecule has 1 aliphatic rings. The molecule has 0 aliphatic carbocycles. The highest BCUT2D eigenvalue weighted by Crippen LogP contribution is 2.41. The predicted octanol–water partition coefficient (Wildman–Crippen LogP) is 3.33. The van der Waals surface area contributed by atoms with E-state index in [2.05, 4.69) is 5.32 Å². The molecule has 1 aliphatic heterocycles. The molecule has 3 nitrogen and oxygen atoms in total. The summed E-state index contributed by atoms with van der Waals surface area (Å²) in [5.41, 5.74) is 8.83. The Morgan fingerprint density at radius 2 is 1.70 bits per heavy atom. The first kappa shape index (κ1) is 15.8. The van der Waals surface area contributed by atoms with Crippen LogP contribution in [0.3, 0.4) is 0 Å². The van der Waals surface area contributed by atoms with E-state index in [0.717, 1.165) is 15.3 Å². The summed E-state index contributed by atoms with van der Waals surface area (Å²) in [5.74, 6) is -0.342. The third-order valence-corrected chi connectivity index (χ3v) is 5.19. The molecule has 0 bridgehead atoms. The average molecular weight is 340 g/mol. The summed E-state index contributed by atoms with van der Waals surface area (Å²) in [6, 6.07) is 19.6. The van der Waals surface area contributed by atoms with Crippen LogP contribution in [0.5, 0.6) is 0 Å². The lowest BCUT2D eigenvalue weighted by atomic mass is 9.97. The number of hydrogen-bond donors (Lipinski definition) is 2. The quantitative estimate of drug-likeness (QED) is 0.838. The van der Waals surface area contributed by atoms with Gasteiger partial charge < -0.3 is 11.1 Å². The Balaban J connectivity index is 1.75. The lowest BCUT2D eigenvalue weighted by molar-refractivity contribution is -0.117. The first-order chi connectivity index (χ1) is 11.2. The third-order valence-electron chi connectivity index (χ3n) is 3.65. The molecule has 0 spiro atoms. The second-order valence-electron chi connectivity index (χ2n) is 5.22. The molecule has 0 fully saturated rings. The number of amides is 1. The van der Waals surface area contributed by atoms with Crippen LogP contribution >= 0.6 is 24.0 Å². The van der Waals surface area contributed by atoms with E-state index in [1.165, 1.54) is 11.8 Å². The molecular formula is C18H16N2OS2. The number of rotatable bonds is 4. The van der Waals surface area contributed by atoms with E-state index in [9.17, 15) is 4.79 Å². The second-order valence-corrected chi connectivity index (χ2v) is 6.97. The van der Waals surface area contributed by atoms with Gasteiger partial charge in [0.25, 0.3) is 5.91 Å². The Morgan fingerprint density at radius 3 is 2.35 bits per heavy atom.